The molecule has 0 radical (unpaired) electrons. The molecule has 0 aliphatic rings. The lowest BCUT2D eigenvalue weighted by molar-refractivity contribution is 0.623. The van der Waals surface area contributed by atoms with Gasteiger partial charge in [-0.05, 0) is 48.4 Å². The average molecular weight is 281 g/mol. The van der Waals surface area contributed by atoms with Gasteiger partial charge >= 0.3 is 0 Å². The zero-order valence-corrected chi connectivity index (χ0v) is 11.7. The van der Waals surface area contributed by atoms with Gasteiger partial charge in [-0.3, -0.25) is 5.10 Å². The van der Waals surface area contributed by atoms with E-state index < -0.39 is 0 Å². The first kappa shape index (κ1) is 13.4. The number of H-pyrrole nitrogens is 1. The highest BCUT2D eigenvalue weighted by molar-refractivity contribution is 5.62. The standard InChI is InChI=1S/C17H16FN3/c1-12(14-3-2-4-15(18)11-14)20-16-7-5-13(6-8-16)17-9-10-19-21-17/h2-12,20H,1H3,(H,19,21). The molecule has 3 nitrogen and oxygen atoms in total. The number of benzene rings is 2. The van der Waals surface area contributed by atoms with E-state index >= 15 is 0 Å². The van der Waals surface area contributed by atoms with Gasteiger partial charge < -0.3 is 5.32 Å². The molecule has 3 aromatic rings. The van der Waals surface area contributed by atoms with E-state index in [1.807, 2.05) is 43.3 Å². The number of hydrogen-bond donors (Lipinski definition) is 2. The Morgan fingerprint density at radius 3 is 2.57 bits per heavy atom. The minimum Gasteiger partial charge on any atom is -0.379 e. The number of anilines is 1. The van der Waals surface area contributed by atoms with Gasteiger partial charge in [0, 0.05) is 17.9 Å². The van der Waals surface area contributed by atoms with E-state index in [4.69, 9.17) is 0 Å². The maximum Gasteiger partial charge on any atom is 0.123 e. The van der Waals surface area contributed by atoms with Crippen LogP contribution >= 0.6 is 0 Å². The normalized spacial score (nSPS) is 12.1. The van der Waals surface area contributed by atoms with Gasteiger partial charge in [-0.15, -0.1) is 0 Å². The van der Waals surface area contributed by atoms with Crippen molar-refractivity contribution < 1.29 is 4.39 Å². The van der Waals surface area contributed by atoms with E-state index in [9.17, 15) is 4.39 Å². The fraction of sp³-hybridized carbons (Fsp3) is 0.118. The van der Waals surface area contributed by atoms with E-state index in [1.165, 1.54) is 6.07 Å². The number of aromatic amines is 1. The fourth-order valence-corrected chi connectivity index (χ4v) is 2.27. The van der Waals surface area contributed by atoms with Gasteiger partial charge in [-0.2, -0.15) is 5.10 Å². The van der Waals surface area contributed by atoms with Crippen molar-refractivity contribution in [2.45, 2.75) is 13.0 Å². The number of rotatable bonds is 4. The van der Waals surface area contributed by atoms with Crippen molar-refractivity contribution in [1.82, 2.24) is 10.2 Å². The smallest absolute Gasteiger partial charge is 0.123 e. The van der Waals surface area contributed by atoms with Gasteiger partial charge in [-0.1, -0.05) is 24.3 Å². The number of aromatic nitrogens is 2. The summed E-state index contributed by atoms with van der Waals surface area (Å²) in [6.45, 7) is 2.01. The third-order valence-corrected chi connectivity index (χ3v) is 3.43. The quantitative estimate of drug-likeness (QED) is 0.744. The first-order chi connectivity index (χ1) is 10.2. The summed E-state index contributed by atoms with van der Waals surface area (Å²) >= 11 is 0. The summed E-state index contributed by atoms with van der Waals surface area (Å²) < 4.78 is 13.2. The molecule has 0 amide bonds. The Bertz CT molecular complexity index is 705. The van der Waals surface area contributed by atoms with E-state index in [0.29, 0.717) is 0 Å². The SMILES string of the molecule is CC(Nc1ccc(-c2ccn[nH]2)cc1)c1cccc(F)c1. The molecule has 0 bridgehead atoms. The largest absolute Gasteiger partial charge is 0.379 e. The summed E-state index contributed by atoms with van der Waals surface area (Å²) in [6, 6.07) is 16.7. The van der Waals surface area contributed by atoms with E-state index in [1.54, 1.807) is 18.3 Å². The van der Waals surface area contributed by atoms with Crippen molar-refractivity contribution in [3.8, 4) is 11.3 Å². The summed E-state index contributed by atoms with van der Waals surface area (Å²) in [6.07, 6.45) is 1.73. The van der Waals surface area contributed by atoms with Crippen LogP contribution in [0.4, 0.5) is 10.1 Å². The molecule has 1 heterocycles. The van der Waals surface area contributed by atoms with E-state index in [0.717, 1.165) is 22.5 Å². The highest BCUT2D eigenvalue weighted by Gasteiger charge is 2.06. The van der Waals surface area contributed by atoms with Crippen LogP contribution in [0.1, 0.15) is 18.5 Å². The molecule has 2 N–H and O–H groups in total. The Kier molecular flexibility index (Phi) is 3.69. The van der Waals surface area contributed by atoms with Gasteiger partial charge in [0.1, 0.15) is 5.82 Å². The van der Waals surface area contributed by atoms with E-state index in [-0.39, 0.29) is 11.9 Å². The lowest BCUT2D eigenvalue weighted by Gasteiger charge is -2.16. The molecule has 21 heavy (non-hydrogen) atoms. The average Bonchev–Trinajstić information content (AvgIpc) is 3.02. The predicted molar refractivity (Wildman–Crippen MR) is 82.5 cm³/mol. The molecule has 3 rings (SSSR count). The summed E-state index contributed by atoms with van der Waals surface area (Å²) in [4.78, 5) is 0. The first-order valence-electron chi connectivity index (χ1n) is 6.84. The Hall–Kier alpha value is -2.62. The molecule has 106 valence electrons. The lowest BCUT2D eigenvalue weighted by Crippen LogP contribution is -2.06. The van der Waals surface area contributed by atoms with Crippen LogP contribution < -0.4 is 5.32 Å². The predicted octanol–water partition coefficient (Wildman–Crippen LogP) is 4.39. The number of halogens is 1. The minimum absolute atomic E-state index is 0.0405. The summed E-state index contributed by atoms with van der Waals surface area (Å²) in [5.41, 5.74) is 3.99. The fourth-order valence-electron chi connectivity index (χ4n) is 2.27. The second kappa shape index (κ2) is 5.79. The van der Waals surface area contributed by atoms with Gasteiger partial charge in [0.15, 0.2) is 0 Å². The van der Waals surface area contributed by atoms with Gasteiger partial charge in [0.2, 0.25) is 0 Å². The second-order valence-corrected chi connectivity index (χ2v) is 4.97. The summed E-state index contributed by atoms with van der Waals surface area (Å²) in [5.74, 6) is -0.212. The van der Waals surface area contributed by atoms with Crippen molar-refractivity contribution in [1.29, 1.82) is 0 Å². The van der Waals surface area contributed by atoms with Crippen LogP contribution in [0.3, 0.4) is 0 Å². The zero-order valence-electron chi connectivity index (χ0n) is 11.7. The highest BCUT2D eigenvalue weighted by Crippen LogP contribution is 2.23. The number of hydrogen-bond acceptors (Lipinski definition) is 2. The van der Waals surface area contributed by atoms with Crippen LogP contribution in [0.25, 0.3) is 11.3 Å². The van der Waals surface area contributed by atoms with Crippen molar-refractivity contribution >= 4 is 5.69 Å². The topological polar surface area (TPSA) is 40.7 Å². The molecule has 0 saturated heterocycles. The minimum atomic E-state index is -0.212. The molecule has 1 unspecified atom stereocenters. The third kappa shape index (κ3) is 3.11. The Morgan fingerprint density at radius 2 is 1.90 bits per heavy atom. The second-order valence-electron chi connectivity index (χ2n) is 4.97. The van der Waals surface area contributed by atoms with Crippen LogP contribution in [0.5, 0.6) is 0 Å². The molecule has 4 heteroatoms. The zero-order chi connectivity index (χ0) is 14.7. The Balaban J connectivity index is 1.73. The maximum atomic E-state index is 13.2. The molecule has 2 aromatic carbocycles. The van der Waals surface area contributed by atoms with Crippen LogP contribution in [0, 0.1) is 5.82 Å². The molecule has 0 spiro atoms. The lowest BCUT2D eigenvalue weighted by atomic mass is 10.1. The highest BCUT2D eigenvalue weighted by atomic mass is 19.1. The Morgan fingerprint density at radius 1 is 1.10 bits per heavy atom. The molecular weight excluding hydrogens is 265 g/mol. The molecule has 0 aliphatic heterocycles. The maximum absolute atomic E-state index is 13.2. The summed E-state index contributed by atoms with van der Waals surface area (Å²) in [7, 11) is 0. The Labute approximate surface area is 122 Å². The summed E-state index contributed by atoms with van der Waals surface area (Å²) in [5, 5.41) is 10.2. The first-order valence-corrected chi connectivity index (χ1v) is 6.84. The van der Waals surface area contributed by atoms with Crippen LogP contribution in [0.2, 0.25) is 0 Å². The van der Waals surface area contributed by atoms with Crippen LogP contribution in [-0.4, -0.2) is 10.2 Å². The molecule has 1 aromatic heterocycles. The van der Waals surface area contributed by atoms with Crippen LogP contribution in [0.15, 0.2) is 60.8 Å². The van der Waals surface area contributed by atoms with Crippen molar-refractivity contribution in [3.05, 3.63) is 72.2 Å². The van der Waals surface area contributed by atoms with Crippen molar-refractivity contribution in [2.75, 3.05) is 5.32 Å². The number of nitrogens with zero attached hydrogens (tertiary/aromatic N) is 1. The monoisotopic (exact) mass is 281 g/mol. The molecule has 0 fully saturated rings. The molecular formula is C17H16FN3. The molecule has 0 aliphatic carbocycles. The molecule has 0 saturated carbocycles. The van der Waals surface area contributed by atoms with Crippen molar-refractivity contribution in [3.63, 3.8) is 0 Å². The van der Waals surface area contributed by atoms with Gasteiger partial charge in [0.05, 0.1) is 5.69 Å². The molecule has 1 atom stereocenters. The van der Waals surface area contributed by atoms with Crippen LogP contribution in [-0.2, 0) is 0 Å². The van der Waals surface area contributed by atoms with Crippen molar-refractivity contribution in [2.24, 2.45) is 0 Å². The number of nitrogens with one attached hydrogen (secondary N) is 2. The van der Waals surface area contributed by atoms with Gasteiger partial charge in [-0.25, -0.2) is 4.39 Å². The van der Waals surface area contributed by atoms with Gasteiger partial charge in [0.25, 0.3) is 0 Å². The third-order valence-electron chi connectivity index (χ3n) is 3.43. The van der Waals surface area contributed by atoms with E-state index in [2.05, 4.69) is 15.5 Å².